The Bertz CT molecular complexity index is 719. The molecule has 2 N–H and O–H groups in total. The molecule has 2 heterocycles. The molecule has 1 aromatic carbocycles. The van der Waals surface area contributed by atoms with Gasteiger partial charge in [0.25, 0.3) is 0 Å². The van der Waals surface area contributed by atoms with Gasteiger partial charge < -0.3 is 20.1 Å². The Morgan fingerprint density at radius 2 is 1.96 bits per heavy atom. The zero-order valence-corrected chi connectivity index (χ0v) is 18.5. The van der Waals surface area contributed by atoms with Crippen LogP contribution in [0.5, 0.6) is 11.5 Å². The maximum Gasteiger partial charge on any atom is 0.191 e. The molecule has 0 amide bonds. The highest BCUT2D eigenvalue weighted by molar-refractivity contribution is 14.0. The second-order valence-corrected chi connectivity index (χ2v) is 7.61. The standard InChI is InChI=1S/C19H25N3O2S.HI/c1-19(2,17-9-6-10-25-17)13-22-18(20-3)21-11-14-12-23-15-7-4-5-8-16(15)24-14;/h4-10,14H,11-13H2,1-3H3,(H2,20,21,22);1H. The van der Waals surface area contributed by atoms with Crippen LogP contribution in [0.4, 0.5) is 0 Å². The van der Waals surface area contributed by atoms with Crippen LogP contribution in [0.25, 0.3) is 0 Å². The number of ether oxygens (including phenoxy) is 2. The number of hydrogen-bond donors (Lipinski definition) is 2. The summed E-state index contributed by atoms with van der Waals surface area (Å²) in [7, 11) is 1.78. The van der Waals surface area contributed by atoms with Gasteiger partial charge in [-0.3, -0.25) is 4.99 Å². The minimum atomic E-state index is -0.0428. The van der Waals surface area contributed by atoms with E-state index in [1.54, 1.807) is 18.4 Å². The lowest BCUT2D eigenvalue weighted by molar-refractivity contribution is 0.0936. The normalized spacial score (nSPS) is 16.6. The predicted molar refractivity (Wildman–Crippen MR) is 118 cm³/mol. The molecule has 2 aromatic rings. The first kappa shape index (κ1) is 20.8. The molecular formula is C19H26IN3O2S. The number of nitrogens with zero attached hydrogens (tertiary/aromatic N) is 1. The van der Waals surface area contributed by atoms with Crippen LogP contribution in [0.3, 0.4) is 0 Å². The molecule has 0 spiro atoms. The van der Waals surface area contributed by atoms with E-state index in [-0.39, 0.29) is 35.5 Å². The molecule has 1 aliphatic heterocycles. The van der Waals surface area contributed by atoms with Crippen molar-refractivity contribution in [3.05, 3.63) is 46.7 Å². The van der Waals surface area contributed by atoms with Gasteiger partial charge >= 0.3 is 0 Å². The van der Waals surface area contributed by atoms with Gasteiger partial charge in [0, 0.05) is 23.9 Å². The third kappa shape index (κ3) is 5.26. The topological polar surface area (TPSA) is 54.9 Å². The molecular weight excluding hydrogens is 461 g/mol. The number of hydrogen-bond acceptors (Lipinski definition) is 4. The highest BCUT2D eigenvalue weighted by atomic mass is 127. The fraction of sp³-hybridized carbons (Fsp3) is 0.421. The van der Waals surface area contributed by atoms with Crippen LogP contribution in [0, 0.1) is 0 Å². The molecule has 0 saturated carbocycles. The molecule has 1 aromatic heterocycles. The maximum absolute atomic E-state index is 5.96. The number of para-hydroxylation sites is 2. The number of thiophene rings is 1. The van der Waals surface area contributed by atoms with E-state index in [4.69, 9.17) is 9.47 Å². The van der Waals surface area contributed by atoms with Crippen molar-refractivity contribution in [2.75, 3.05) is 26.7 Å². The molecule has 7 heteroatoms. The van der Waals surface area contributed by atoms with E-state index in [0.717, 1.165) is 24.0 Å². The van der Waals surface area contributed by atoms with E-state index in [1.807, 2.05) is 24.3 Å². The van der Waals surface area contributed by atoms with Crippen molar-refractivity contribution in [2.24, 2.45) is 4.99 Å². The average Bonchev–Trinajstić information content (AvgIpc) is 3.17. The van der Waals surface area contributed by atoms with Crippen molar-refractivity contribution < 1.29 is 9.47 Å². The molecule has 26 heavy (non-hydrogen) atoms. The Balaban J connectivity index is 0.00000243. The molecule has 0 radical (unpaired) electrons. The largest absolute Gasteiger partial charge is 0.486 e. The average molecular weight is 487 g/mol. The summed E-state index contributed by atoms with van der Waals surface area (Å²) >= 11 is 1.78. The van der Waals surface area contributed by atoms with E-state index >= 15 is 0 Å². The minimum absolute atomic E-state index is 0. The van der Waals surface area contributed by atoms with Crippen LogP contribution in [-0.4, -0.2) is 38.8 Å². The third-order valence-electron chi connectivity index (χ3n) is 4.17. The smallest absolute Gasteiger partial charge is 0.191 e. The first-order valence-electron chi connectivity index (χ1n) is 8.45. The Labute approximate surface area is 176 Å². The summed E-state index contributed by atoms with van der Waals surface area (Å²) in [5.74, 6) is 2.37. The van der Waals surface area contributed by atoms with E-state index in [1.165, 1.54) is 4.88 Å². The molecule has 1 atom stereocenters. The number of guanidine groups is 1. The van der Waals surface area contributed by atoms with Crippen LogP contribution in [0.2, 0.25) is 0 Å². The fourth-order valence-corrected chi connectivity index (χ4v) is 3.50. The molecule has 1 unspecified atom stereocenters. The number of halogens is 1. The summed E-state index contributed by atoms with van der Waals surface area (Å²) in [6.07, 6.45) is -0.0428. The second-order valence-electron chi connectivity index (χ2n) is 6.67. The monoisotopic (exact) mass is 487 g/mol. The molecule has 0 bridgehead atoms. The van der Waals surface area contributed by atoms with Gasteiger partial charge in [0.1, 0.15) is 12.7 Å². The van der Waals surface area contributed by atoms with Crippen molar-refractivity contribution in [3.63, 3.8) is 0 Å². The quantitative estimate of drug-likeness (QED) is 0.384. The zero-order valence-electron chi connectivity index (χ0n) is 15.3. The van der Waals surface area contributed by atoms with Gasteiger partial charge in [0.05, 0.1) is 6.54 Å². The van der Waals surface area contributed by atoms with Gasteiger partial charge in [-0.05, 0) is 23.6 Å². The number of aliphatic imine (C=N–C) groups is 1. The molecule has 5 nitrogen and oxygen atoms in total. The Morgan fingerprint density at radius 1 is 1.19 bits per heavy atom. The Morgan fingerprint density at radius 3 is 2.65 bits per heavy atom. The highest BCUT2D eigenvalue weighted by Crippen LogP contribution is 2.30. The molecule has 0 fully saturated rings. The van der Waals surface area contributed by atoms with Gasteiger partial charge in [-0.25, -0.2) is 0 Å². The van der Waals surface area contributed by atoms with Crippen molar-refractivity contribution >= 4 is 41.3 Å². The molecule has 1 aliphatic rings. The summed E-state index contributed by atoms with van der Waals surface area (Å²) in [6, 6.07) is 12.0. The zero-order chi connectivity index (χ0) is 17.7. The molecule has 0 saturated heterocycles. The molecule has 0 aliphatic carbocycles. The minimum Gasteiger partial charge on any atom is -0.486 e. The summed E-state index contributed by atoms with van der Waals surface area (Å²) in [5, 5.41) is 8.84. The van der Waals surface area contributed by atoms with Crippen LogP contribution in [0.1, 0.15) is 18.7 Å². The van der Waals surface area contributed by atoms with Crippen LogP contribution < -0.4 is 20.1 Å². The third-order valence-corrected chi connectivity index (χ3v) is 5.41. The summed E-state index contributed by atoms with van der Waals surface area (Å²) < 4.78 is 11.7. The van der Waals surface area contributed by atoms with Crippen LogP contribution >= 0.6 is 35.3 Å². The first-order chi connectivity index (χ1) is 12.1. The lowest BCUT2D eigenvalue weighted by Gasteiger charge is -2.28. The van der Waals surface area contributed by atoms with E-state index in [2.05, 4.69) is 47.0 Å². The van der Waals surface area contributed by atoms with Crippen LogP contribution in [0.15, 0.2) is 46.8 Å². The van der Waals surface area contributed by atoms with E-state index in [0.29, 0.717) is 13.2 Å². The predicted octanol–water partition coefficient (Wildman–Crippen LogP) is 3.65. The van der Waals surface area contributed by atoms with E-state index < -0.39 is 0 Å². The van der Waals surface area contributed by atoms with Crippen molar-refractivity contribution in [1.82, 2.24) is 10.6 Å². The molecule has 142 valence electrons. The Hall–Kier alpha value is -1.48. The van der Waals surface area contributed by atoms with Crippen LogP contribution in [-0.2, 0) is 5.41 Å². The van der Waals surface area contributed by atoms with Gasteiger partial charge in [-0.1, -0.05) is 32.0 Å². The Kier molecular flexibility index (Phi) is 7.57. The van der Waals surface area contributed by atoms with Gasteiger partial charge in [-0.15, -0.1) is 35.3 Å². The SMILES string of the molecule is CN=C(NCC1COc2ccccc2O1)NCC(C)(C)c1cccs1.I. The number of benzene rings is 1. The molecule has 3 rings (SSSR count). The van der Waals surface area contributed by atoms with Crippen molar-refractivity contribution in [2.45, 2.75) is 25.4 Å². The fourth-order valence-electron chi connectivity index (χ4n) is 2.65. The van der Waals surface area contributed by atoms with Crippen molar-refractivity contribution in [3.8, 4) is 11.5 Å². The first-order valence-corrected chi connectivity index (χ1v) is 9.33. The van der Waals surface area contributed by atoms with Gasteiger partial charge in [-0.2, -0.15) is 0 Å². The maximum atomic E-state index is 5.96. The highest BCUT2D eigenvalue weighted by Gasteiger charge is 2.23. The summed E-state index contributed by atoms with van der Waals surface area (Å²) in [5.41, 5.74) is 0.0508. The van der Waals surface area contributed by atoms with Crippen molar-refractivity contribution in [1.29, 1.82) is 0 Å². The second kappa shape index (κ2) is 9.45. The summed E-state index contributed by atoms with van der Waals surface area (Å²) in [4.78, 5) is 5.66. The number of fused-ring (bicyclic) bond motifs is 1. The number of nitrogens with one attached hydrogen (secondary N) is 2. The lowest BCUT2D eigenvalue weighted by atomic mass is 9.91. The van der Waals surface area contributed by atoms with Gasteiger partial charge in [0.2, 0.25) is 0 Å². The summed E-state index contributed by atoms with van der Waals surface area (Å²) in [6.45, 7) is 6.43. The van der Waals surface area contributed by atoms with Gasteiger partial charge in [0.15, 0.2) is 17.5 Å². The van der Waals surface area contributed by atoms with E-state index in [9.17, 15) is 0 Å². The number of rotatable bonds is 5. The lowest BCUT2D eigenvalue weighted by Crippen LogP contribution is -2.47.